The molecule has 0 atom stereocenters. The summed E-state index contributed by atoms with van der Waals surface area (Å²) < 4.78 is 5.04. The summed E-state index contributed by atoms with van der Waals surface area (Å²) in [4.78, 5) is 13.4. The third kappa shape index (κ3) is 6.11. The highest BCUT2D eigenvalue weighted by molar-refractivity contribution is 5.81. The molecule has 0 fully saturated rings. The van der Waals surface area contributed by atoms with Gasteiger partial charge in [-0.25, -0.2) is 4.79 Å². The van der Waals surface area contributed by atoms with Crippen molar-refractivity contribution in [1.82, 2.24) is 0 Å². The maximum atomic E-state index is 11.1. The summed E-state index contributed by atoms with van der Waals surface area (Å²) in [6.45, 7) is 3.76. The van der Waals surface area contributed by atoms with E-state index < -0.39 is 0 Å². The van der Waals surface area contributed by atoms with Crippen LogP contribution in [0.15, 0.2) is 122 Å². The molecule has 34 heavy (non-hydrogen) atoms. The highest BCUT2D eigenvalue weighted by atomic mass is 16.5. The van der Waals surface area contributed by atoms with Gasteiger partial charge in [-0.1, -0.05) is 91.5 Å². The molecular formula is C31H27NO2. The molecule has 168 valence electrons. The van der Waals surface area contributed by atoms with Crippen LogP contribution in [0.3, 0.4) is 0 Å². The lowest BCUT2D eigenvalue weighted by Crippen LogP contribution is -2.09. The number of hydrogen-bond acceptors (Lipinski definition) is 3. The highest BCUT2D eigenvalue weighted by Crippen LogP contribution is 2.34. The Labute approximate surface area is 201 Å². The molecule has 0 saturated carbocycles. The van der Waals surface area contributed by atoms with Gasteiger partial charge in [-0.15, -0.1) is 0 Å². The van der Waals surface area contributed by atoms with E-state index in [-0.39, 0.29) is 5.97 Å². The number of carbonyl (C=O) groups excluding carboxylic acids is 1. The van der Waals surface area contributed by atoms with E-state index in [1.165, 1.54) is 6.08 Å². The zero-order chi connectivity index (χ0) is 23.6. The Morgan fingerprint density at radius 1 is 0.676 bits per heavy atom. The van der Waals surface area contributed by atoms with E-state index in [1.54, 1.807) is 0 Å². The van der Waals surface area contributed by atoms with Crippen LogP contribution in [-0.2, 0) is 16.0 Å². The summed E-state index contributed by atoms with van der Waals surface area (Å²) in [6.07, 6.45) is 6.08. The molecule has 0 unspecified atom stereocenters. The van der Waals surface area contributed by atoms with Crippen molar-refractivity contribution in [2.75, 3.05) is 11.5 Å². The second kappa shape index (κ2) is 11.5. The predicted molar refractivity (Wildman–Crippen MR) is 141 cm³/mol. The molecule has 4 aromatic carbocycles. The normalized spacial score (nSPS) is 10.7. The van der Waals surface area contributed by atoms with E-state index in [0.29, 0.717) is 13.0 Å². The summed E-state index contributed by atoms with van der Waals surface area (Å²) in [5.41, 5.74) is 6.72. The fourth-order valence-electron chi connectivity index (χ4n) is 3.65. The van der Waals surface area contributed by atoms with Crippen molar-refractivity contribution >= 4 is 35.2 Å². The maximum absolute atomic E-state index is 11.1. The Morgan fingerprint density at radius 3 is 1.65 bits per heavy atom. The average molecular weight is 446 g/mol. The van der Waals surface area contributed by atoms with Gasteiger partial charge in [0.05, 0.1) is 6.61 Å². The van der Waals surface area contributed by atoms with Crippen molar-refractivity contribution in [3.05, 3.63) is 139 Å². The van der Waals surface area contributed by atoms with E-state index in [9.17, 15) is 4.79 Å². The molecule has 0 aliphatic rings. The van der Waals surface area contributed by atoms with Gasteiger partial charge in [-0.2, -0.15) is 0 Å². The van der Waals surface area contributed by atoms with Crippen LogP contribution in [0.2, 0.25) is 0 Å². The number of nitrogens with zero attached hydrogens (tertiary/aromatic N) is 1. The molecule has 0 bridgehead atoms. The Hall–Kier alpha value is -4.37. The van der Waals surface area contributed by atoms with Crippen LogP contribution in [-0.4, -0.2) is 12.6 Å². The minimum absolute atomic E-state index is 0.357. The standard InChI is InChI=1S/C31H27NO2/c1-2-31(33)34-24-23-27-17-15-25(16-18-27)13-14-26-19-21-30(22-20-26)32(28-9-5-3-6-10-28)29-11-7-4-8-12-29/h2-22H,1,23-24H2. The predicted octanol–water partition coefficient (Wildman–Crippen LogP) is 7.60. The summed E-state index contributed by atoms with van der Waals surface area (Å²) in [6, 6.07) is 37.6. The van der Waals surface area contributed by atoms with Gasteiger partial charge in [0.15, 0.2) is 0 Å². The van der Waals surface area contributed by atoms with Gasteiger partial charge in [0.25, 0.3) is 0 Å². The molecule has 0 amide bonds. The Bertz CT molecular complexity index is 1190. The van der Waals surface area contributed by atoms with Crippen LogP contribution in [0.1, 0.15) is 16.7 Å². The van der Waals surface area contributed by atoms with Gasteiger partial charge in [-0.3, -0.25) is 0 Å². The van der Waals surface area contributed by atoms with Gasteiger partial charge in [0.2, 0.25) is 0 Å². The second-order valence-corrected chi connectivity index (χ2v) is 7.79. The van der Waals surface area contributed by atoms with Crippen molar-refractivity contribution in [2.45, 2.75) is 6.42 Å². The molecule has 0 N–H and O–H groups in total. The summed E-state index contributed by atoms with van der Waals surface area (Å²) in [5.74, 6) is -0.388. The fourth-order valence-corrected chi connectivity index (χ4v) is 3.65. The number of anilines is 3. The highest BCUT2D eigenvalue weighted by Gasteiger charge is 2.11. The van der Waals surface area contributed by atoms with Crippen molar-refractivity contribution in [1.29, 1.82) is 0 Å². The van der Waals surface area contributed by atoms with Crippen LogP contribution in [0, 0.1) is 0 Å². The van der Waals surface area contributed by atoms with Crippen molar-refractivity contribution in [3.63, 3.8) is 0 Å². The number of ether oxygens (including phenoxy) is 1. The van der Waals surface area contributed by atoms with Crippen LogP contribution in [0.5, 0.6) is 0 Å². The molecule has 3 heteroatoms. The van der Waals surface area contributed by atoms with E-state index >= 15 is 0 Å². The van der Waals surface area contributed by atoms with Crippen LogP contribution in [0.4, 0.5) is 17.1 Å². The molecule has 0 heterocycles. The van der Waals surface area contributed by atoms with Gasteiger partial charge in [-0.05, 0) is 53.1 Å². The zero-order valence-electron chi connectivity index (χ0n) is 19.0. The lowest BCUT2D eigenvalue weighted by molar-refractivity contribution is -0.137. The monoisotopic (exact) mass is 445 g/mol. The quantitative estimate of drug-likeness (QED) is 0.151. The van der Waals surface area contributed by atoms with Crippen LogP contribution >= 0.6 is 0 Å². The average Bonchev–Trinajstić information content (AvgIpc) is 2.90. The third-order valence-corrected chi connectivity index (χ3v) is 5.43. The number of carbonyl (C=O) groups is 1. The van der Waals surface area contributed by atoms with E-state index in [4.69, 9.17) is 4.74 Å². The minimum Gasteiger partial charge on any atom is -0.462 e. The number of hydrogen-bond donors (Lipinski definition) is 0. The molecule has 4 rings (SSSR count). The largest absolute Gasteiger partial charge is 0.462 e. The summed E-state index contributed by atoms with van der Waals surface area (Å²) in [5, 5.41) is 0. The smallest absolute Gasteiger partial charge is 0.330 e. The van der Waals surface area contributed by atoms with Crippen LogP contribution < -0.4 is 4.90 Å². The first kappa shape index (κ1) is 22.8. The van der Waals surface area contributed by atoms with Gasteiger partial charge < -0.3 is 9.64 Å². The van der Waals surface area contributed by atoms with Crippen LogP contribution in [0.25, 0.3) is 12.2 Å². The van der Waals surface area contributed by atoms with Gasteiger partial charge in [0, 0.05) is 29.6 Å². The molecule has 0 spiro atoms. The zero-order valence-corrected chi connectivity index (χ0v) is 19.0. The third-order valence-electron chi connectivity index (χ3n) is 5.43. The summed E-state index contributed by atoms with van der Waals surface area (Å²) >= 11 is 0. The number of rotatable bonds is 9. The summed E-state index contributed by atoms with van der Waals surface area (Å²) in [7, 11) is 0. The molecule has 0 aliphatic heterocycles. The molecule has 4 aromatic rings. The molecule has 0 saturated heterocycles. The first-order valence-electron chi connectivity index (χ1n) is 11.3. The Balaban J connectivity index is 1.44. The van der Waals surface area contributed by atoms with Crippen molar-refractivity contribution < 1.29 is 9.53 Å². The molecule has 0 aromatic heterocycles. The first-order chi connectivity index (χ1) is 16.7. The SMILES string of the molecule is C=CC(=O)OCCc1ccc(C=Cc2ccc(N(c3ccccc3)c3ccccc3)cc2)cc1. The van der Waals surface area contributed by atoms with Crippen molar-refractivity contribution in [3.8, 4) is 0 Å². The lowest BCUT2D eigenvalue weighted by atomic mass is 10.1. The van der Waals surface area contributed by atoms with E-state index in [1.807, 2.05) is 12.1 Å². The lowest BCUT2D eigenvalue weighted by Gasteiger charge is -2.25. The second-order valence-electron chi connectivity index (χ2n) is 7.79. The molecule has 0 aliphatic carbocycles. The van der Waals surface area contributed by atoms with Crippen molar-refractivity contribution in [2.24, 2.45) is 0 Å². The number of esters is 1. The van der Waals surface area contributed by atoms with Gasteiger partial charge in [0.1, 0.15) is 0 Å². The Morgan fingerprint density at radius 2 is 1.15 bits per heavy atom. The number of benzene rings is 4. The topological polar surface area (TPSA) is 29.5 Å². The first-order valence-corrected chi connectivity index (χ1v) is 11.3. The van der Waals surface area contributed by atoms with E-state index in [0.717, 1.165) is 33.8 Å². The maximum Gasteiger partial charge on any atom is 0.330 e. The Kier molecular flexibility index (Phi) is 7.70. The minimum atomic E-state index is -0.388. The molecular weight excluding hydrogens is 418 g/mol. The van der Waals surface area contributed by atoms with E-state index in [2.05, 4.69) is 121 Å². The van der Waals surface area contributed by atoms with Gasteiger partial charge >= 0.3 is 5.97 Å². The molecule has 0 radical (unpaired) electrons. The number of para-hydroxylation sites is 2. The fraction of sp³-hybridized carbons (Fsp3) is 0.0645. The molecule has 3 nitrogen and oxygen atoms in total.